The molecule has 1 heterocycles. The van der Waals surface area contributed by atoms with Gasteiger partial charge in [0, 0.05) is 23.2 Å². The lowest BCUT2D eigenvalue weighted by Gasteiger charge is -2.12. The molecule has 0 radical (unpaired) electrons. The van der Waals surface area contributed by atoms with Crippen molar-refractivity contribution < 1.29 is 4.79 Å². The van der Waals surface area contributed by atoms with Crippen LogP contribution in [0.5, 0.6) is 0 Å². The summed E-state index contributed by atoms with van der Waals surface area (Å²) in [6.45, 7) is 4.49. The highest BCUT2D eigenvalue weighted by atomic mass is 35.5. The summed E-state index contributed by atoms with van der Waals surface area (Å²) < 4.78 is 2.09. The van der Waals surface area contributed by atoms with Crippen molar-refractivity contribution in [1.29, 1.82) is 0 Å². The van der Waals surface area contributed by atoms with Crippen LogP contribution in [0.3, 0.4) is 0 Å². The SMILES string of the molecule is C=CCn1c(SCC(=O)Nc2ccc(Cl)cc2)nnc1C1CCCC1. The molecule has 2 aromatic rings. The molecule has 0 unspecified atom stereocenters. The van der Waals surface area contributed by atoms with Gasteiger partial charge in [0.25, 0.3) is 0 Å². The predicted molar refractivity (Wildman–Crippen MR) is 102 cm³/mol. The molecule has 0 spiro atoms. The number of anilines is 1. The summed E-state index contributed by atoms with van der Waals surface area (Å²) in [6.07, 6.45) is 6.67. The molecule has 132 valence electrons. The van der Waals surface area contributed by atoms with E-state index >= 15 is 0 Å². The maximum atomic E-state index is 12.2. The Labute approximate surface area is 156 Å². The highest BCUT2D eigenvalue weighted by Crippen LogP contribution is 2.34. The van der Waals surface area contributed by atoms with Gasteiger partial charge in [0.15, 0.2) is 5.16 Å². The summed E-state index contributed by atoms with van der Waals surface area (Å²) in [5.41, 5.74) is 0.731. The number of hydrogen-bond donors (Lipinski definition) is 1. The van der Waals surface area contributed by atoms with Crippen molar-refractivity contribution in [3.8, 4) is 0 Å². The van der Waals surface area contributed by atoms with Crippen LogP contribution in [0.4, 0.5) is 5.69 Å². The van der Waals surface area contributed by atoms with E-state index in [0.29, 0.717) is 17.5 Å². The summed E-state index contributed by atoms with van der Waals surface area (Å²) in [4.78, 5) is 12.2. The average Bonchev–Trinajstić information content (AvgIpc) is 3.25. The first-order chi connectivity index (χ1) is 12.2. The number of benzene rings is 1. The molecule has 0 atom stereocenters. The summed E-state index contributed by atoms with van der Waals surface area (Å²) >= 11 is 7.25. The van der Waals surface area contributed by atoms with E-state index in [0.717, 1.165) is 29.5 Å². The number of nitrogens with zero attached hydrogens (tertiary/aromatic N) is 3. The number of allylic oxidation sites excluding steroid dienone is 1. The number of hydrogen-bond acceptors (Lipinski definition) is 4. The molecule has 1 amide bonds. The van der Waals surface area contributed by atoms with Crippen molar-refractivity contribution in [2.45, 2.75) is 43.3 Å². The van der Waals surface area contributed by atoms with Gasteiger partial charge in [-0.2, -0.15) is 0 Å². The van der Waals surface area contributed by atoms with Crippen molar-refractivity contribution in [3.63, 3.8) is 0 Å². The van der Waals surface area contributed by atoms with Crippen LogP contribution < -0.4 is 5.32 Å². The van der Waals surface area contributed by atoms with E-state index in [1.165, 1.54) is 24.6 Å². The van der Waals surface area contributed by atoms with Gasteiger partial charge in [0.1, 0.15) is 5.82 Å². The average molecular weight is 377 g/mol. The maximum Gasteiger partial charge on any atom is 0.234 e. The highest BCUT2D eigenvalue weighted by molar-refractivity contribution is 7.99. The van der Waals surface area contributed by atoms with E-state index in [-0.39, 0.29) is 11.7 Å². The topological polar surface area (TPSA) is 59.8 Å². The zero-order valence-electron chi connectivity index (χ0n) is 13.9. The maximum absolute atomic E-state index is 12.2. The molecule has 7 heteroatoms. The third kappa shape index (κ3) is 4.64. The van der Waals surface area contributed by atoms with Crippen molar-refractivity contribution in [1.82, 2.24) is 14.8 Å². The van der Waals surface area contributed by atoms with Crippen molar-refractivity contribution in [3.05, 3.63) is 47.8 Å². The molecule has 1 fully saturated rings. The number of halogens is 1. The van der Waals surface area contributed by atoms with Crippen molar-refractivity contribution in [2.24, 2.45) is 0 Å². The highest BCUT2D eigenvalue weighted by Gasteiger charge is 2.24. The fourth-order valence-corrected chi connectivity index (χ4v) is 3.93. The van der Waals surface area contributed by atoms with E-state index in [4.69, 9.17) is 11.6 Å². The zero-order chi connectivity index (χ0) is 17.6. The Hall–Kier alpha value is -1.79. The summed E-state index contributed by atoms with van der Waals surface area (Å²) in [6, 6.07) is 7.06. The Morgan fingerprint density at radius 3 is 2.72 bits per heavy atom. The van der Waals surface area contributed by atoms with Gasteiger partial charge in [-0.1, -0.05) is 42.3 Å². The summed E-state index contributed by atoms with van der Waals surface area (Å²) in [5.74, 6) is 1.70. The molecular formula is C18H21ClN4OS. The molecule has 1 aromatic carbocycles. The van der Waals surface area contributed by atoms with Crippen LogP contribution in [0.1, 0.15) is 37.4 Å². The largest absolute Gasteiger partial charge is 0.325 e. The molecule has 1 aliphatic carbocycles. The molecule has 5 nitrogen and oxygen atoms in total. The van der Waals surface area contributed by atoms with Gasteiger partial charge < -0.3 is 9.88 Å². The Morgan fingerprint density at radius 2 is 2.04 bits per heavy atom. The molecule has 1 N–H and O–H groups in total. The minimum absolute atomic E-state index is 0.0807. The Balaban J connectivity index is 1.62. The molecule has 0 bridgehead atoms. The second-order valence-electron chi connectivity index (χ2n) is 6.07. The minimum Gasteiger partial charge on any atom is -0.325 e. The number of carbonyl (C=O) groups is 1. The summed E-state index contributed by atoms with van der Waals surface area (Å²) in [7, 11) is 0. The van der Waals surface area contributed by atoms with E-state index in [2.05, 4.69) is 26.7 Å². The molecule has 1 saturated carbocycles. The van der Waals surface area contributed by atoms with E-state index in [1.807, 2.05) is 6.08 Å². The third-order valence-electron chi connectivity index (χ3n) is 4.24. The van der Waals surface area contributed by atoms with Gasteiger partial charge in [0.05, 0.1) is 5.75 Å². The Bertz CT molecular complexity index is 738. The monoisotopic (exact) mass is 376 g/mol. The van der Waals surface area contributed by atoms with E-state index < -0.39 is 0 Å². The lowest BCUT2D eigenvalue weighted by atomic mass is 10.1. The Morgan fingerprint density at radius 1 is 1.32 bits per heavy atom. The molecule has 1 aromatic heterocycles. The third-order valence-corrected chi connectivity index (χ3v) is 5.46. The number of aromatic nitrogens is 3. The predicted octanol–water partition coefficient (Wildman–Crippen LogP) is 4.51. The van der Waals surface area contributed by atoms with Gasteiger partial charge in [-0.15, -0.1) is 16.8 Å². The van der Waals surface area contributed by atoms with Gasteiger partial charge in [-0.25, -0.2) is 0 Å². The first kappa shape index (κ1) is 18.0. The minimum atomic E-state index is -0.0807. The normalized spacial score (nSPS) is 14.6. The quantitative estimate of drug-likeness (QED) is 0.570. The molecule has 3 rings (SSSR count). The van der Waals surface area contributed by atoms with Crippen LogP contribution in [0.15, 0.2) is 42.1 Å². The lowest BCUT2D eigenvalue weighted by Crippen LogP contribution is -2.15. The van der Waals surface area contributed by atoms with Crippen LogP contribution in [0.2, 0.25) is 5.02 Å². The van der Waals surface area contributed by atoms with Crippen LogP contribution in [0.25, 0.3) is 0 Å². The van der Waals surface area contributed by atoms with Crippen molar-refractivity contribution >= 4 is 35.0 Å². The number of nitrogens with one attached hydrogen (secondary N) is 1. The summed E-state index contributed by atoms with van der Waals surface area (Å²) in [5, 5.41) is 13.0. The Kier molecular flexibility index (Phi) is 6.15. The fraction of sp³-hybridized carbons (Fsp3) is 0.389. The molecular weight excluding hydrogens is 356 g/mol. The van der Waals surface area contributed by atoms with Crippen LogP contribution in [-0.4, -0.2) is 26.4 Å². The second kappa shape index (κ2) is 8.54. The van der Waals surface area contributed by atoms with Crippen LogP contribution in [-0.2, 0) is 11.3 Å². The standard InChI is InChI=1S/C18H21ClN4OS/c1-2-11-23-17(13-5-3-4-6-13)21-22-18(23)25-12-16(24)20-15-9-7-14(19)8-10-15/h2,7-10,13H,1,3-6,11-12H2,(H,20,24). The van der Waals surface area contributed by atoms with Crippen molar-refractivity contribution in [2.75, 3.05) is 11.1 Å². The van der Waals surface area contributed by atoms with E-state index in [1.54, 1.807) is 24.3 Å². The lowest BCUT2D eigenvalue weighted by molar-refractivity contribution is -0.113. The number of thioether (sulfide) groups is 1. The van der Waals surface area contributed by atoms with E-state index in [9.17, 15) is 4.79 Å². The first-order valence-electron chi connectivity index (χ1n) is 8.39. The molecule has 0 saturated heterocycles. The molecule has 25 heavy (non-hydrogen) atoms. The van der Waals surface area contributed by atoms with Crippen LogP contribution in [0, 0.1) is 0 Å². The molecule has 0 aliphatic heterocycles. The van der Waals surface area contributed by atoms with Gasteiger partial charge in [-0.05, 0) is 37.1 Å². The smallest absolute Gasteiger partial charge is 0.234 e. The zero-order valence-corrected chi connectivity index (χ0v) is 15.5. The van der Waals surface area contributed by atoms with Crippen LogP contribution >= 0.6 is 23.4 Å². The van der Waals surface area contributed by atoms with Gasteiger partial charge >= 0.3 is 0 Å². The van der Waals surface area contributed by atoms with Gasteiger partial charge in [0.2, 0.25) is 5.91 Å². The number of amides is 1. The number of rotatable bonds is 7. The molecule has 1 aliphatic rings. The fourth-order valence-electron chi connectivity index (χ4n) is 3.05. The van der Waals surface area contributed by atoms with Gasteiger partial charge in [-0.3, -0.25) is 4.79 Å². The number of carbonyl (C=O) groups excluding carboxylic acids is 1. The first-order valence-corrected chi connectivity index (χ1v) is 9.76. The second-order valence-corrected chi connectivity index (χ2v) is 7.44.